The van der Waals surface area contributed by atoms with Crippen LogP contribution in [0.25, 0.3) is 16.3 Å². The molecule has 0 aromatic heterocycles. The van der Waals surface area contributed by atoms with Gasteiger partial charge in [0, 0.05) is 6.54 Å². The van der Waals surface area contributed by atoms with Crippen molar-refractivity contribution in [2.45, 2.75) is 13.0 Å². The van der Waals surface area contributed by atoms with Crippen molar-refractivity contribution in [3.05, 3.63) is 78.1 Å². The molecule has 7 heteroatoms. The normalized spacial score (nSPS) is 11.5. The molecule has 0 heterocycles. The van der Waals surface area contributed by atoms with Crippen LogP contribution in [0.3, 0.4) is 0 Å². The van der Waals surface area contributed by atoms with Crippen molar-refractivity contribution < 1.29 is 27.8 Å². The SMILES string of the molecule is COc1ccc(CCNC(=O)/C(=C/OC(F)F)c2ccc3ccccc3c2)cc1OC. The highest BCUT2D eigenvalue weighted by Gasteiger charge is 2.15. The number of carbonyl (C=O) groups is 1. The van der Waals surface area contributed by atoms with E-state index in [9.17, 15) is 13.6 Å². The fourth-order valence-electron chi connectivity index (χ4n) is 3.18. The van der Waals surface area contributed by atoms with E-state index in [4.69, 9.17) is 9.47 Å². The van der Waals surface area contributed by atoms with E-state index < -0.39 is 12.5 Å². The summed E-state index contributed by atoms with van der Waals surface area (Å²) in [5.74, 6) is 0.700. The molecule has 0 aliphatic rings. The highest BCUT2D eigenvalue weighted by molar-refractivity contribution is 6.19. The van der Waals surface area contributed by atoms with Gasteiger partial charge in [0.05, 0.1) is 19.8 Å². The molecule has 3 aromatic rings. The second-order valence-electron chi connectivity index (χ2n) is 6.69. The number of ether oxygens (including phenoxy) is 3. The average molecular weight is 427 g/mol. The molecule has 0 radical (unpaired) electrons. The van der Waals surface area contributed by atoms with Crippen molar-refractivity contribution in [3.8, 4) is 11.5 Å². The fourth-order valence-corrected chi connectivity index (χ4v) is 3.18. The van der Waals surface area contributed by atoms with Gasteiger partial charge < -0.3 is 19.5 Å². The van der Waals surface area contributed by atoms with Gasteiger partial charge in [-0.3, -0.25) is 4.79 Å². The lowest BCUT2D eigenvalue weighted by Crippen LogP contribution is -2.27. The summed E-state index contributed by atoms with van der Waals surface area (Å²) in [6.07, 6.45) is 1.33. The summed E-state index contributed by atoms with van der Waals surface area (Å²) in [7, 11) is 3.10. The first-order valence-corrected chi connectivity index (χ1v) is 9.64. The highest BCUT2D eigenvalue weighted by Crippen LogP contribution is 2.27. The molecule has 5 nitrogen and oxygen atoms in total. The summed E-state index contributed by atoms with van der Waals surface area (Å²) in [6.45, 7) is -2.72. The summed E-state index contributed by atoms with van der Waals surface area (Å²) in [6, 6.07) is 18.4. The maximum Gasteiger partial charge on any atom is 0.386 e. The number of halogens is 2. The van der Waals surface area contributed by atoms with Crippen LogP contribution in [0, 0.1) is 0 Å². The number of alkyl halides is 2. The second kappa shape index (κ2) is 10.4. The van der Waals surface area contributed by atoms with Crippen LogP contribution in [0.15, 0.2) is 66.9 Å². The zero-order valence-corrected chi connectivity index (χ0v) is 17.2. The maximum absolute atomic E-state index is 12.8. The summed E-state index contributed by atoms with van der Waals surface area (Å²) >= 11 is 0. The molecule has 0 aliphatic carbocycles. The first-order chi connectivity index (χ1) is 15.0. The zero-order chi connectivity index (χ0) is 22.2. The largest absolute Gasteiger partial charge is 0.493 e. The molecule has 0 fully saturated rings. The Balaban J connectivity index is 1.73. The van der Waals surface area contributed by atoms with Gasteiger partial charge in [0.2, 0.25) is 0 Å². The van der Waals surface area contributed by atoms with Crippen LogP contribution in [0.4, 0.5) is 8.78 Å². The van der Waals surface area contributed by atoms with E-state index in [2.05, 4.69) is 10.1 Å². The van der Waals surface area contributed by atoms with Gasteiger partial charge in [-0.05, 0) is 46.5 Å². The Morgan fingerprint density at radius 2 is 1.71 bits per heavy atom. The van der Waals surface area contributed by atoms with E-state index in [-0.39, 0.29) is 5.57 Å². The van der Waals surface area contributed by atoms with E-state index >= 15 is 0 Å². The number of carbonyl (C=O) groups excluding carboxylic acids is 1. The predicted molar refractivity (Wildman–Crippen MR) is 115 cm³/mol. The van der Waals surface area contributed by atoms with Crippen molar-refractivity contribution in [3.63, 3.8) is 0 Å². The average Bonchev–Trinajstić information content (AvgIpc) is 2.78. The fraction of sp³-hybridized carbons (Fsp3) is 0.208. The first kappa shape index (κ1) is 22.1. The van der Waals surface area contributed by atoms with E-state index in [0.29, 0.717) is 30.0 Å². The number of amides is 1. The lowest BCUT2D eigenvalue weighted by Gasteiger charge is -2.12. The van der Waals surface area contributed by atoms with Gasteiger partial charge >= 0.3 is 6.61 Å². The van der Waals surface area contributed by atoms with E-state index in [1.165, 1.54) is 0 Å². The van der Waals surface area contributed by atoms with Crippen LogP contribution in [0.2, 0.25) is 0 Å². The van der Waals surface area contributed by atoms with Crippen molar-refractivity contribution in [1.82, 2.24) is 5.32 Å². The van der Waals surface area contributed by atoms with Gasteiger partial charge in [-0.1, -0.05) is 42.5 Å². The smallest absolute Gasteiger partial charge is 0.386 e. The molecular weight excluding hydrogens is 404 g/mol. The van der Waals surface area contributed by atoms with Gasteiger partial charge in [-0.2, -0.15) is 8.78 Å². The third-order valence-corrected chi connectivity index (χ3v) is 4.74. The minimum atomic E-state index is -3.02. The van der Waals surface area contributed by atoms with Gasteiger partial charge in [0.15, 0.2) is 11.5 Å². The van der Waals surface area contributed by atoms with Gasteiger partial charge in [-0.25, -0.2) is 0 Å². The molecule has 0 aliphatic heterocycles. The number of nitrogens with one attached hydrogen (secondary N) is 1. The minimum absolute atomic E-state index is 0.0263. The number of methoxy groups -OCH3 is 2. The van der Waals surface area contributed by atoms with Gasteiger partial charge in [0.25, 0.3) is 5.91 Å². The molecular formula is C24H23F2NO4. The molecule has 0 saturated heterocycles. The number of rotatable bonds is 9. The van der Waals surface area contributed by atoms with Crippen LogP contribution in [-0.2, 0) is 16.0 Å². The van der Waals surface area contributed by atoms with Crippen LogP contribution in [0.5, 0.6) is 11.5 Å². The summed E-state index contributed by atoms with van der Waals surface area (Å²) in [5.41, 5.74) is 1.44. The van der Waals surface area contributed by atoms with Crippen LogP contribution >= 0.6 is 0 Å². The molecule has 1 amide bonds. The van der Waals surface area contributed by atoms with Crippen LogP contribution in [0.1, 0.15) is 11.1 Å². The zero-order valence-electron chi connectivity index (χ0n) is 17.2. The van der Waals surface area contributed by atoms with E-state index in [1.54, 1.807) is 32.4 Å². The standard InChI is InChI=1S/C24H23F2NO4/c1-29-21-10-7-16(13-22(21)30-2)11-12-27-23(28)20(15-31-24(25)26)19-9-8-17-5-3-4-6-18(17)14-19/h3-10,13-15,24H,11-12H2,1-2H3,(H,27,28)/b20-15+. The quantitative estimate of drug-likeness (QED) is 0.394. The molecule has 0 bridgehead atoms. The topological polar surface area (TPSA) is 56.8 Å². The van der Waals surface area contributed by atoms with Crippen molar-refractivity contribution >= 4 is 22.3 Å². The molecule has 0 saturated carbocycles. The molecule has 31 heavy (non-hydrogen) atoms. The Kier molecular flexibility index (Phi) is 7.43. The Hall–Kier alpha value is -3.61. The molecule has 0 spiro atoms. The summed E-state index contributed by atoms with van der Waals surface area (Å²) in [4.78, 5) is 12.8. The summed E-state index contributed by atoms with van der Waals surface area (Å²) < 4.78 is 40.0. The number of hydrogen-bond donors (Lipinski definition) is 1. The highest BCUT2D eigenvalue weighted by atomic mass is 19.3. The second-order valence-corrected chi connectivity index (χ2v) is 6.69. The third kappa shape index (κ3) is 5.72. The first-order valence-electron chi connectivity index (χ1n) is 9.64. The molecule has 162 valence electrons. The van der Waals surface area contributed by atoms with E-state index in [1.807, 2.05) is 42.5 Å². The number of benzene rings is 3. The molecule has 1 N–H and O–H groups in total. The minimum Gasteiger partial charge on any atom is -0.493 e. The maximum atomic E-state index is 12.8. The molecule has 0 unspecified atom stereocenters. The molecule has 3 rings (SSSR count). The van der Waals surface area contributed by atoms with Crippen molar-refractivity contribution in [1.29, 1.82) is 0 Å². The van der Waals surface area contributed by atoms with Gasteiger partial charge in [0.1, 0.15) is 6.26 Å². The predicted octanol–water partition coefficient (Wildman–Crippen LogP) is 4.80. The lowest BCUT2D eigenvalue weighted by molar-refractivity contribution is -0.116. The van der Waals surface area contributed by atoms with Gasteiger partial charge in [-0.15, -0.1) is 0 Å². The Bertz CT molecular complexity index is 1080. The Labute approximate surface area is 179 Å². The van der Waals surface area contributed by atoms with E-state index in [0.717, 1.165) is 22.6 Å². The van der Waals surface area contributed by atoms with Crippen molar-refractivity contribution in [2.75, 3.05) is 20.8 Å². The Morgan fingerprint density at radius 3 is 2.42 bits per heavy atom. The van der Waals surface area contributed by atoms with Crippen LogP contribution < -0.4 is 14.8 Å². The summed E-state index contributed by atoms with van der Waals surface area (Å²) in [5, 5.41) is 4.63. The Morgan fingerprint density at radius 1 is 0.968 bits per heavy atom. The number of fused-ring (bicyclic) bond motifs is 1. The molecule has 3 aromatic carbocycles. The monoisotopic (exact) mass is 427 g/mol. The molecule has 0 atom stereocenters. The third-order valence-electron chi connectivity index (χ3n) is 4.74. The lowest BCUT2D eigenvalue weighted by atomic mass is 10.0. The van der Waals surface area contributed by atoms with Crippen molar-refractivity contribution in [2.24, 2.45) is 0 Å². The van der Waals surface area contributed by atoms with Crippen LogP contribution in [-0.4, -0.2) is 33.3 Å². The number of hydrogen-bond acceptors (Lipinski definition) is 4.